The molecule has 5 heteroatoms. The van der Waals surface area contributed by atoms with Crippen molar-refractivity contribution in [2.24, 2.45) is 5.73 Å². The first-order valence-electron chi connectivity index (χ1n) is 4.45. The number of rotatable bonds is 3. The number of hydrogen-bond acceptors (Lipinski definition) is 4. The van der Waals surface area contributed by atoms with Crippen molar-refractivity contribution in [1.29, 1.82) is 5.41 Å². The van der Waals surface area contributed by atoms with Crippen LogP contribution in [0.1, 0.15) is 18.4 Å². The molecule has 5 nitrogen and oxygen atoms in total. The summed E-state index contributed by atoms with van der Waals surface area (Å²) in [4.78, 5) is 10.3. The summed E-state index contributed by atoms with van der Waals surface area (Å²) in [5, 5.41) is 7.30. The summed E-state index contributed by atoms with van der Waals surface area (Å²) in [6.07, 6.45) is 0. The quantitative estimate of drug-likeness (QED) is 0.542. The first-order valence-corrected chi connectivity index (χ1v) is 4.45. The van der Waals surface area contributed by atoms with Gasteiger partial charge in [-0.1, -0.05) is 0 Å². The predicted molar refractivity (Wildman–Crippen MR) is 56.7 cm³/mol. The number of nitrogens with one attached hydrogen (secondary N) is 1. The minimum atomic E-state index is -0.0266. The largest absolute Gasteiger partial charge is 0.382 e. The van der Waals surface area contributed by atoms with Crippen molar-refractivity contribution in [3.8, 4) is 0 Å². The van der Waals surface area contributed by atoms with Crippen LogP contribution in [0.2, 0.25) is 0 Å². The lowest BCUT2D eigenvalue weighted by atomic mass is 10.3. The maximum Gasteiger partial charge on any atom is 0.142 e. The number of aromatic nitrogens is 2. The Morgan fingerprint density at radius 1 is 1.57 bits per heavy atom. The summed E-state index contributed by atoms with van der Waals surface area (Å²) in [6, 6.07) is 1.72. The monoisotopic (exact) mass is 193 g/mol. The van der Waals surface area contributed by atoms with Crippen LogP contribution in [0.5, 0.6) is 0 Å². The highest BCUT2D eigenvalue weighted by molar-refractivity contribution is 5.93. The van der Waals surface area contributed by atoms with Crippen LogP contribution in [0.3, 0.4) is 0 Å². The SMILES string of the molecule is CCN(C)c1cc(C(=N)N)nc(C)n1. The van der Waals surface area contributed by atoms with Crippen molar-refractivity contribution in [1.82, 2.24) is 9.97 Å². The Balaban J connectivity index is 3.13. The molecule has 0 atom stereocenters. The van der Waals surface area contributed by atoms with E-state index in [0.717, 1.165) is 12.4 Å². The second-order valence-electron chi connectivity index (χ2n) is 3.09. The van der Waals surface area contributed by atoms with Crippen LogP contribution in [-0.2, 0) is 0 Å². The Bertz CT molecular complexity index is 347. The molecule has 1 rings (SSSR count). The molecule has 3 N–H and O–H groups in total. The molecule has 0 saturated heterocycles. The van der Waals surface area contributed by atoms with Gasteiger partial charge in [0.25, 0.3) is 0 Å². The zero-order valence-corrected chi connectivity index (χ0v) is 8.70. The number of aryl methyl sites for hydroxylation is 1. The van der Waals surface area contributed by atoms with Crippen molar-refractivity contribution in [2.75, 3.05) is 18.5 Å². The van der Waals surface area contributed by atoms with E-state index in [9.17, 15) is 0 Å². The van der Waals surface area contributed by atoms with Crippen molar-refractivity contribution >= 4 is 11.7 Å². The Hall–Kier alpha value is -1.65. The molecule has 0 aliphatic rings. The smallest absolute Gasteiger partial charge is 0.142 e. The van der Waals surface area contributed by atoms with Crippen LogP contribution in [0.25, 0.3) is 0 Å². The van der Waals surface area contributed by atoms with E-state index in [1.165, 1.54) is 0 Å². The highest BCUT2D eigenvalue weighted by Gasteiger charge is 2.06. The summed E-state index contributed by atoms with van der Waals surface area (Å²) in [5.74, 6) is 1.40. The molecule has 0 spiro atoms. The molecule has 0 fully saturated rings. The summed E-state index contributed by atoms with van der Waals surface area (Å²) in [7, 11) is 1.94. The Kier molecular flexibility index (Phi) is 3.01. The van der Waals surface area contributed by atoms with E-state index >= 15 is 0 Å². The van der Waals surface area contributed by atoms with Gasteiger partial charge in [0, 0.05) is 19.7 Å². The normalized spacial score (nSPS) is 9.93. The van der Waals surface area contributed by atoms with Crippen LogP contribution in [0, 0.1) is 12.3 Å². The topological polar surface area (TPSA) is 78.9 Å². The maximum atomic E-state index is 7.30. The Morgan fingerprint density at radius 3 is 2.71 bits per heavy atom. The number of hydrogen-bond donors (Lipinski definition) is 2. The third-order valence-corrected chi connectivity index (χ3v) is 1.97. The van der Waals surface area contributed by atoms with Gasteiger partial charge in [-0.25, -0.2) is 9.97 Å². The van der Waals surface area contributed by atoms with E-state index in [0.29, 0.717) is 11.5 Å². The standard InChI is InChI=1S/C9H15N5/c1-4-14(3)8-5-7(9(10)11)12-6(2)13-8/h5H,4H2,1-3H3,(H3,10,11). The molecule has 0 radical (unpaired) electrons. The average Bonchev–Trinajstić information content (AvgIpc) is 2.15. The number of anilines is 1. The molecular formula is C9H15N5. The molecule has 0 aliphatic carbocycles. The minimum absolute atomic E-state index is 0.0266. The van der Waals surface area contributed by atoms with Crippen molar-refractivity contribution in [3.05, 3.63) is 17.6 Å². The summed E-state index contributed by atoms with van der Waals surface area (Å²) < 4.78 is 0. The predicted octanol–water partition coefficient (Wildman–Crippen LogP) is 0.525. The van der Waals surface area contributed by atoms with Gasteiger partial charge in [-0.05, 0) is 13.8 Å². The number of amidine groups is 1. The van der Waals surface area contributed by atoms with Crippen LogP contribution in [-0.4, -0.2) is 29.4 Å². The molecule has 0 saturated carbocycles. The first-order chi connectivity index (χ1) is 6.54. The minimum Gasteiger partial charge on any atom is -0.382 e. The molecular weight excluding hydrogens is 178 g/mol. The highest BCUT2D eigenvalue weighted by atomic mass is 15.2. The van der Waals surface area contributed by atoms with Crippen molar-refractivity contribution in [2.45, 2.75) is 13.8 Å². The van der Waals surface area contributed by atoms with Gasteiger partial charge in [0.15, 0.2) is 0 Å². The van der Waals surface area contributed by atoms with E-state index in [-0.39, 0.29) is 5.84 Å². The Labute approximate surface area is 83.5 Å². The van der Waals surface area contributed by atoms with Crippen molar-refractivity contribution < 1.29 is 0 Å². The molecule has 0 aromatic carbocycles. The molecule has 0 amide bonds. The van der Waals surface area contributed by atoms with E-state index in [4.69, 9.17) is 11.1 Å². The van der Waals surface area contributed by atoms with Crippen LogP contribution < -0.4 is 10.6 Å². The summed E-state index contributed by atoms with van der Waals surface area (Å²) >= 11 is 0. The fourth-order valence-electron chi connectivity index (χ4n) is 1.05. The molecule has 1 aromatic rings. The number of nitrogen functional groups attached to an aromatic ring is 1. The Morgan fingerprint density at radius 2 is 2.21 bits per heavy atom. The van der Waals surface area contributed by atoms with Gasteiger partial charge in [0.2, 0.25) is 0 Å². The van der Waals surface area contributed by atoms with Gasteiger partial charge < -0.3 is 10.6 Å². The maximum absolute atomic E-state index is 7.30. The van der Waals surface area contributed by atoms with Gasteiger partial charge in [-0.2, -0.15) is 0 Å². The van der Waals surface area contributed by atoms with Crippen LogP contribution in [0.4, 0.5) is 5.82 Å². The van der Waals surface area contributed by atoms with Gasteiger partial charge in [-0.3, -0.25) is 5.41 Å². The van der Waals surface area contributed by atoms with Crippen LogP contribution >= 0.6 is 0 Å². The zero-order chi connectivity index (χ0) is 10.7. The second kappa shape index (κ2) is 4.04. The van der Waals surface area contributed by atoms with Gasteiger partial charge in [0.1, 0.15) is 23.2 Å². The lowest BCUT2D eigenvalue weighted by Crippen LogP contribution is -2.21. The fourth-order valence-corrected chi connectivity index (χ4v) is 1.05. The molecule has 1 heterocycles. The van der Waals surface area contributed by atoms with Crippen LogP contribution in [0.15, 0.2) is 6.07 Å². The zero-order valence-electron chi connectivity index (χ0n) is 8.70. The average molecular weight is 193 g/mol. The first kappa shape index (κ1) is 10.4. The molecule has 76 valence electrons. The molecule has 14 heavy (non-hydrogen) atoms. The lowest BCUT2D eigenvalue weighted by molar-refractivity contribution is 0.908. The third kappa shape index (κ3) is 2.18. The molecule has 0 unspecified atom stereocenters. The van der Waals surface area contributed by atoms with Gasteiger partial charge in [0.05, 0.1) is 0 Å². The third-order valence-electron chi connectivity index (χ3n) is 1.97. The molecule has 0 aliphatic heterocycles. The fraction of sp³-hybridized carbons (Fsp3) is 0.444. The second-order valence-corrected chi connectivity index (χ2v) is 3.09. The van der Waals surface area contributed by atoms with E-state index in [2.05, 4.69) is 9.97 Å². The van der Waals surface area contributed by atoms with Crippen molar-refractivity contribution in [3.63, 3.8) is 0 Å². The number of nitrogens with two attached hydrogens (primary N) is 1. The molecule has 0 bridgehead atoms. The summed E-state index contributed by atoms with van der Waals surface area (Å²) in [6.45, 7) is 4.68. The molecule has 1 aromatic heterocycles. The van der Waals surface area contributed by atoms with E-state index in [1.54, 1.807) is 13.0 Å². The number of nitrogens with zero attached hydrogens (tertiary/aromatic N) is 3. The summed E-state index contributed by atoms with van der Waals surface area (Å²) in [5.41, 5.74) is 5.85. The lowest BCUT2D eigenvalue weighted by Gasteiger charge is -2.16. The van der Waals surface area contributed by atoms with Gasteiger partial charge in [-0.15, -0.1) is 0 Å². The highest BCUT2D eigenvalue weighted by Crippen LogP contribution is 2.10. The van der Waals surface area contributed by atoms with E-state index in [1.807, 2.05) is 18.9 Å². The van der Waals surface area contributed by atoms with E-state index < -0.39 is 0 Å². The van der Waals surface area contributed by atoms with Gasteiger partial charge >= 0.3 is 0 Å².